The zero-order valence-corrected chi connectivity index (χ0v) is 20.8. The number of hydrogen-bond donors (Lipinski definition) is 2. The number of carbonyl (C=O) groups is 4. The van der Waals surface area contributed by atoms with Gasteiger partial charge in [-0.25, -0.2) is 0 Å². The van der Waals surface area contributed by atoms with Crippen molar-refractivity contribution in [2.24, 2.45) is 11.5 Å². The molecule has 1 amide bonds. The first-order chi connectivity index (χ1) is 16.0. The minimum atomic E-state index is -1.24. The Kier molecular flexibility index (Phi) is 16.0. The third-order valence-corrected chi connectivity index (χ3v) is 4.16. The summed E-state index contributed by atoms with van der Waals surface area (Å²) in [5.41, 5.74) is 11.9. The zero-order valence-electron chi connectivity index (χ0n) is 20.8. The monoisotopic (exact) mass is 481 g/mol. The molecule has 1 aromatic carbocycles. The van der Waals surface area contributed by atoms with Gasteiger partial charge >= 0.3 is 17.9 Å². The molecule has 0 radical (unpaired) electrons. The fourth-order valence-electron chi connectivity index (χ4n) is 2.82. The summed E-state index contributed by atoms with van der Waals surface area (Å²) >= 11 is 0. The fraction of sp³-hybridized carbons (Fsp3) is 0.583. The van der Waals surface area contributed by atoms with E-state index >= 15 is 0 Å². The van der Waals surface area contributed by atoms with E-state index in [1.807, 2.05) is 58.0 Å². The summed E-state index contributed by atoms with van der Waals surface area (Å²) in [6.45, 7) is 10.1. The number of amides is 1. The van der Waals surface area contributed by atoms with Crippen LogP contribution < -0.4 is 11.5 Å². The van der Waals surface area contributed by atoms with Crippen molar-refractivity contribution in [2.75, 3.05) is 13.1 Å². The molecule has 192 valence electrons. The maximum absolute atomic E-state index is 12.2. The van der Waals surface area contributed by atoms with E-state index in [9.17, 15) is 19.2 Å². The van der Waals surface area contributed by atoms with Crippen LogP contribution in [0, 0.1) is 0 Å². The molecule has 1 rings (SSSR count). The second-order valence-corrected chi connectivity index (χ2v) is 7.84. The number of esters is 3. The van der Waals surface area contributed by atoms with Gasteiger partial charge in [-0.2, -0.15) is 0 Å². The number of ether oxygens (including phenoxy) is 3. The number of primary amides is 1. The van der Waals surface area contributed by atoms with Crippen LogP contribution in [0.2, 0.25) is 0 Å². The Morgan fingerprint density at radius 2 is 1.53 bits per heavy atom. The average Bonchev–Trinajstić information content (AvgIpc) is 2.75. The molecule has 0 aliphatic heterocycles. The van der Waals surface area contributed by atoms with Crippen molar-refractivity contribution in [1.82, 2.24) is 4.90 Å². The maximum atomic E-state index is 12.2. The Labute approximate surface area is 201 Å². The number of nitrogens with zero attached hydrogens (tertiary/aromatic N) is 1. The van der Waals surface area contributed by atoms with Gasteiger partial charge in [-0.05, 0) is 32.3 Å². The molecule has 1 aromatic rings. The highest BCUT2D eigenvalue weighted by Gasteiger charge is 2.30. The number of rotatable bonds is 13. The standard InChI is InChI=1S/C19H29N3O5.C5H10O2/c1-3-10-22(11-4-2)18(17(21)24)27-19(25)15(20)12-16(23)26-13-14-8-6-5-7-9-14;1-4(2)7-5(3)6/h5-9,15,18H,3-4,10-13,20H2,1-2H3,(H2,21,24);4H,1-3H3. The van der Waals surface area contributed by atoms with Gasteiger partial charge in [-0.3, -0.25) is 24.1 Å². The third-order valence-electron chi connectivity index (χ3n) is 4.16. The van der Waals surface area contributed by atoms with Crippen LogP contribution in [0.3, 0.4) is 0 Å². The molecule has 34 heavy (non-hydrogen) atoms. The Morgan fingerprint density at radius 1 is 0.971 bits per heavy atom. The molecule has 0 aliphatic carbocycles. The quantitative estimate of drug-likeness (QED) is 0.244. The normalized spacial score (nSPS) is 12.2. The highest BCUT2D eigenvalue weighted by Crippen LogP contribution is 2.08. The Hall–Kier alpha value is -2.98. The van der Waals surface area contributed by atoms with E-state index < -0.39 is 30.1 Å². The van der Waals surface area contributed by atoms with Crippen LogP contribution in [0.25, 0.3) is 0 Å². The molecule has 0 bridgehead atoms. The smallest absolute Gasteiger partial charge is 0.325 e. The van der Waals surface area contributed by atoms with E-state index in [2.05, 4.69) is 4.74 Å². The Morgan fingerprint density at radius 3 is 1.94 bits per heavy atom. The molecule has 2 atom stereocenters. The molecule has 0 aliphatic rings. The molecule has 0 spiro atoms. The minimum Gasteiger partial charge on any atom is -0.463 e. The second kappa shape index (κ2) is 17.5. The van der Waals surface area contributed by atoms with E-state index in [-0.39, 0.29) is 25.1 Å². The van der Waals surface area contributed by atoms with Crippen LogP contribution in [-0.4, -0.2) is 60.2 Å². The van der Waals surface area contributed by atoms with Crippen LogP contribution >= 0.6 is 0 Å². The molecule has 0 saturated heterocycles. The summed E-state index contributed by atoms with van der Waals surface area (Å²) in [4.78, 5) is 47.5. The minimum absolute atomic E-state index is 0.0255. The maximum Gasteiger partial charge on any atom is 0.325 e. The first-order valence-electron chi connectivity index (χ1n) is 11.4. The van der Waals surface area contributed by atoms with E-state index in [0.29, 0.717) is 13.1 Å². The van der Waals surface area contributed by atoms with Gasteiger partial charge in [0.15, 0.2) is 0 Å². The lowest BCUT2D eigenvalue weighted by Crippen LogP contribution is -2.50. The van der Waals surface area contributed by atoms with E-state index in [4.69, 9.17) is 20.9 Å². The van der Waals surface area contributed by atoms with Crippen molar-refractivity contribution < 1.29 is 33.4 Å². The molecular formula is C24H39N3O7. The predicted molar refractivity (Wildman–Crippen MR) is 127 cm³/mol. The number of benzene rings is 1. The van der Waals surface area contributed by atoms with Crippen LogP contribution in [-0.2, 0) is 40.0 Å². The highest BCUT2D eigenvalue weighted by molar-refractivity contribution is 5.86. The molecule has 0 saturated carbocycles. The van der Waals surface area contributed by atoms with Crippen molar-refractivity contribution in [3.63, 3.8) is 0 Å². The number of hydrogen-bond acceptors (Lipinski definition) is 9. The topological polar surface area (TPSA) is 151 Å². The van der Waals surface area contributed by atoms with Gasteiger partial charge in [0.2, 0.25) is 6.23 Å². The van der Waals surface area contributed by atoms with Gasteiger partial charge in [0.1, 0.15) is 12.6 Å². The molecular weight excluding hydrogens is 442 g/mol. The molecule has 0 fully saturated rings. The van der Waals surface area contributed by atoms with Crippen molar-refractivity contribution in [1.29, 1.82) is 0 Å². The first kappa shape index (κ1) is 31.0. The molecule has 4 N–H and O–H groups in total. The van der Waals surface area contributed by atoms with Crippen LogP contribution in [0.4, 0.5) is 0 Å². The summed E-state index contributed by atoms with van der Waals surface area (Å²) < 4.78 is 14.9. The SMILES string of the molecule is CC(=O)OC(C)C.CCCN(CCC)C(OC(=O)C(N)CC(=O)OCc1ccccc1)C(N)=O. The van der Waals surface area contributed by atoms with Gasteiger partial charge in [0.25, 0.3) is 5.91 Å². The van der Waals surface area contributed by atoms with Gasteiger partial charge < -0.3 is 25.7 Å². The predicted octanol–water partition coefficient (Wildman–Crippen LogP) is 1.88. The van der Waals surface area contributed by atoms with Crippen molar-refractivity contribution in [2.45, 2.75) is 78.9 Å². The van der Waals surface area contributed by atoms with Gasteiger partial charge in [0, 0.05) is 20.0 Å². The van der Waals surface area contributed by atoms with E-state index in [0.717, 1.165) is 18.4 Å². The van der Waals surface area contributed by atoms with Crippen LogP contribution in [0.5, 0.6) is 0 Å². The first-order valence-corrected chi connectivity index (χ1v) is 11.4. The van der Waals surface area contributed by atoms with E-state index in [1.54, 1.807) is 4.90 Å². The summed E-state index contributed by atoms with van der Waals surface area (Å²) in [5.74, 6) is -2.48. The largest absolute Gasteiger partial charge is 0.463 e. The third kappa shape index (κ3) is 14.2. The number of carbonyl (C=O) groups excluding carboxylic acids is 4. The van der Waals surface area contributed by atoms with Crippen molar-refractivity contribution in [3.05, 3.63) is 35.9 Å². The second-order valence-electron chi connectivity index (χ2n) is 7.84. The Bertz CT molecular complexity index is 750. The van der Waals surface area contributed by atoms with Gasteiger partial charge in [-0.15, -0.1) is 0 Å². The lowest BCUT2D eigenvalue weighted by molar-refractivity contribution is -0.169. The number of nitrogens with two attached hydrogens (primary N) is 2. The van der Waals surface area contributed by atoms with Gasteiger partial charge in [-0.1, -0.05) is 44.2 Å². The Balaban J connectivity index is 0.00000135. The van der Waals surface area contributed by atoms with Gasteiger partial charge in [0.05, 0.1) is 12.5 Å². The fourth-order valence-corrected chi connectivity index (χ4v) is 2.82. The molecule has 2 unspecified atom stereocenters. The lowest BCUT2D eigenvalue weighted by Gasteiger charge is -2.29. The zero-order chi connectivity index (χ0) is 26.1. The van der Waals surface area contributed by atoms with Crippen molar-refractivity contribution >= 4 is 23.8 Å². The average molecular weight is 482 g/mol. The molecule has 10 nitrogen and oxygen atoms in total. The molecule has 0 heterocycles. The van der Waals surface area contributed by atoms with Crippen LogP contribution in [0.1, 0.15) is 59.4 Å². The molecule has 0 aromatic heterocycles. The van der Waals surface area contributed by atoms with Crippen LogP contribution in [0.15, 0.2) is 30.3 Å². The summed E-state index contributed by atoms with van der Waals surface area (Å²) in [6, 6.07) is 7.90. The van der Waals surface area contributed by atoms with E-state index in [1.165, 1.54) is 6.92 Å². The lowest BCUT2D eigenvalue weighted by atomic mass is 10.2. The van der Waals surface area contributed by atoms with Crippen molar-refractivity contribution in [3.8, 4) is 0 Å². The highest BCUT2D eigenvalue weighted by atomic mass is 16.6. The summed E-state index contributed by atoms with van der Waals surface area (Å²) in [6.07, 6.45) is -0.00169. The summed E-state index contributed by atoms with van der Waals surface area (Å²) in [7, 11) is 0. The molecule has 10 heteroatoms. The summed E-state index contributed by atoms with van der Waals surface area (Å²) in [5, 5.41) is 0.